The summed E-state index contributed by atoms with van der Waals surface area (Å²) in [5.41, 5.74) is 3.01. The molecule has 132 valence electrons. The van der Waals surface area contributed by atoms with Crippen LogP contribution in [-0.2, 0) is 4.79 Å². The molecule has 5 nitrogen and oxygen atoms in total. The summed E-state index contributed by atoms with van der Waals surface area (Å²) in [7, 11) is 1.55. The molecule has 2 N–H and O–H groups in total. The first-order valence-electron chi connectivity index (χ1n) is 8.26. The van der Waals surface area contributed by atoms with Crippen LogP contribution in [0.1, 0.15) is 41.3 Å². The van der Waals surface area contributed by atoms with E-state index in [9.17, 15) is 9.59 Å². The molecule has 2 rings (SSSR count). The van der Waals surface area contributed by atoms with Gasteiger partial charge in [0.2, 0.25) is 0 Å². The Bertz CT molecular complexity index is 769. The minimum absolute atomic E-state index is 0.121. The normalized spacial score (nSPS) is 10.4. The van der Waals surface area contributed by atoms with Crippen molar-refractivity contribution in [3.63, 3.8) is 0 Å². The van der Waals surface area contributed by atoms with E-state index in [2.05, 4.69) is 30.5 Å². The first-order valence-corrected chi connectivity index (χ1v) is 8.26. The van der Waals surface area contributed by atoms with Crippen molar-refractivity contribution in [2.45, 2.75) is 26.7 Å². The fourth-order valence-electron chi connectivity index (χ4n) is 2.39. The first kappa shape index (κ1) is 18.5. The van der Waals surface area contributed by atoms with Crippen LogP contribution in [0.2, 0.25) is 0 Å². The van der Waals surface area contributed by atoms with Crippen LogP contribution in [0.25, 0.3) is 0 Å². The van der Waals surface area contributed by atoms with Crippen molar-refractivity contribution in [2.24, 2.45) is 0 Å². The number of anilines is 1. The van der Waals surface area contributed by atoms with Gasteiger partial charge < -0.3 is 15.4 Å². The van der Waals surface area contributed by atoms with Crippen LogP contribution < -0.4 is 15.4 Å². The second kappa shape index (κ2) is 8.33. The minimum Gasteiger partial charge on any atom is -0.483 e. The Morgan fingerprint density at radius 2 is 1.84 bits per heavy atom. The zero-order valence-electron chi connectivity index (χ0n) is 15.1. The highest BCUT2D eigenvalue weighted by Crippen LogP contribution is 2.24. The standard InChI is InChI=1S/C20H24N2O3/c1-13(2)15-10-9-14(3)18(11-15)25-12-19(23)22-17-8-6-5-7-16(17)20(24)21-4/h5-11,13H,12H2,1-4H3,(H,21,24)(H,22,23). The second-order valence-corrected chi connectivity index (χ2v) is 6.14. The van der Waals surface area contributed by atoms with Crippen molar-refractivity contribution < 1.29 is 14.3 Å². The van der Waals surface area contributed by atoms with Gasteiger partial charge in [-0.15, -0.1) is 0 Å². The Morgan fingerprint density at radius 3 is 2.52 bits per heavy atom. The lowest BCUT2D eigenvalue weighted by Crippen LogP contribution is -2.24. The third-order valence-electron chi connectivity index (χ3n) is 3.91. The highest BCUT2D eigenvalue weighted by atomic mass is 16.5. The average molecular weight is 340 g/mol. The Balaban J connectivity index is 2.05. The SMILES string of the molecule is CNC(=O)c1ccccc1NC(=O)COc1cc(C(C)C)ccc1C. The summed E-state index contributed by atoms with van der Waals surface area (Å²) < 4.78 is 5.68. The van der Waals surface area contributed by atoms with Gasteiger partial charge in [0.1, 0.15) is 5.75 Å². The number of nitrogens with one attached hydrogen (secondary N) is 2. The van der Waals surface area contributed by atoms with Crippen LogP contribution in [0.5, 0.6) is 5.75 Å². The number of para-hydroxylation sites is 1. The molecule has 0 aliphatic rings. The van der Waals surface area contributed by atoms with Gasteiger partial charge in [-0.3, -0.25) is 9.59 Å². The summed E-state index contributed by atoms with van der Waals surface area (Å²) in [6.45, 7) is 6.04. The number of carbonyl (C=O) groups excluding carboxylic acids is 2. The maximum absolute atomic E-state index is 12.2. The van der Waals surface area contributed by atoms with E-state index < -0.39 is 0 Å². The van der Waals surface area contributed by atoms with Crippen molar-refractivity contribution in [3.8, 4) is 5.75 Å². The van der Waals surface area contributed by atoms with E-state index >= 15 is 0 Å². The Hall–Kier alpha value is -2.82. The number of aryl methyl sites for hydroxylation is 1. The molecule has 0 aromatic heterocycles. The lowest BCUT2D eigenvalue weighted by molar-refractivity contribution is -0.118. The molecule has 0 saturated heterocycles. The van der Waals surface area contributed by atoms with E-state index in [1.807, 2.05) is 19.1 Å². The van der Waals surface area contributed by atoms with Gasteiger partial charge in [-0.1, -0.05) is 38.1 Å². The maximum Gasteiger partial charge on any atom is 0.262 e. The number of amides is 2. The molecule has 0 heterocycles. The monoisotopic (exact) mass is 340 g/mol. The Morgan fingerprint density at radius 1 is 1.12 bits per heavy atom. The highest BCUT2D eigenvalue weighted by molar-refractivity contribution is 6.03. The van der Waals surface area contributed by atoms with Gasteiger partial charge in [-0.2, -0.15) is 0 Å². The molecule has 5 heteroatoms. The fourth-order valence-corrected chi connectivity index (χ4v) is 2.39. The number of hydrogen-bond donors (Lipinski definition) is 2. The summed E-state index contributed by atoms with van der Waals surface area (Å²) in [5.74, 6) is 0.514. The lowest BCUT2D eigenvalue weighted by atomic mass is 10.0. The Kier molecular flexibility index (Phi) is 6.17. The van der Waals surface area contributed by atoms with Crippen molar-refractivity contribution in [1.29, 1.82) is 0 Å². The van der Waals surface area contributed by atoms with Crippen LogP contribution in [0.15, 0.2) is 42.5 Å². The molecular weight excluding hydrogens is 316 g/mol. The summed E-state index contributed by atoms with van der Waals surface area (Å²) in [6.07, 6.45) is 0. The molecule has 0 radical (unpaired) electrons. The molecule has 2 aromatic carbocycles. The van der Waals surface area contributed by atoms with Gasteiger partial charge in [0, 0.05) is 7.05 Å². The third-order valence-corrected chi connectivity index (χ3v) is 3.91. The maximum atomic E-state index is 12.2. The van der Waals surface area contributed by atoms with E-state index in [0.717, 1.165) is 11.1 Å². The fraction of sp³-hybridized carbons (Fsp3) is 0.300. The largest absolute Gasteiger partial charge is 0.483 e. The quantitative estimate of drug-likeness (QED) is 0.846. The molecule has 0 atom stereocenters. The average Bonchev–Trinajstić information content (AvgIpc) is 2.60. The minimum atomic E-state index is -0.314. The molecule has 0 fully saturated rings. The van der Waals surface area contributed by atoms with Gasteiger partial charge in [-0.05, 0) is 42.2 Å². The van der Waals surface area contributed by atoms with E-state index in [4.69, 9.17) is 4.74 Å². The second-order valence-electron chi connectivity index (χ2n) is 6.14. The molecule has 0 saturated carbocycles. The van der Waals surface area contributed by atoms with E-state index in [0.29, 0.717) is 22.9 Å². The first-order chi connectivity index (χ1) is 11.9. The summed E-state index contributed by atoms with van der Waals surface area (Å²) in [6, 6.07) is 12.9. The molecule has 2 amide bonds. The smallest absolute Gasteiger partial charge is 0.262 e. The highest BCUT2D eigenvalue weighted by Gasteiger charge is 2.13. The summed E-state index contributed by atoms with van der Waals surface area (Å²) >= 11 is 0. The van der Waals surface area contributed by atoms with Gasteiger partial charge in [0.05, 0.1) is 11.3 Å². The van der Waals surface area contributed by atoms with Gasteiger partial charge >= 0.3 is 0 Å². The molecule has 0 bridgehead atoms. The predicted octanol–water partition coefficient (Wildman–Crippen LogP) is 3.50. The van der Waals surface area contributed by atoms with Crippen molar-refractivity contribution >= 4 is 17.5 Å². The predicted molar refractivity (Wildman–Crippen MR) is 99.2 cm³/mol. The molecule has 25 heavy (non-hydrogen) atoms. The van der Waals surface area contributed by atoms with Gasteiger partial charge in [0.15, 0.2) is 6.61 Å². The van der Waals surface area contributed by atoms with Crippen LogP contribution in [0.4, 0.5) is 5.69 Å². The van der Waals surface area contributed by atoms with E-state index in [1.54, 1.807) is 31.3 Å². The molecular formula is C20H24N2O3. The lowest BCUT2D eigenvalue weighted by Gasteiger charge is -2.14. The van der Waals surface area contributed by atoms with Crippen LogP contribution in [0, 0.1) is 6.92 Å². The summed E-state index contributed by atoms with van der Waals surface area (Å²) in [5, 5.41) is 5.28. The van der Waals surface area contributed by atoms with Crippen LogP contribution in [0.3, 0.4) is 0 Å². The molecule has 0 aliphatic carbocycles. The molecule has 2 aromatic rings. The van der Waals surface area contributed by atoms with Crippen molar-refractivity contribution in [3.05, 3.63) is 59.2 Å². The van der Waals surface area contributed by atoms with E-state index in [-0.39, 0.29) is 18.4 Å². The number of ether oxygens (including phenoxy) is 1. The third kappa shape index (κ3) is 4.83. The van der Waals surface area contributed by atoms with Crippen molar-refractivity contribution in [2.75, 3.05) is 19.0 Å². The topological polar surface area (TPSA) is 67.4 Å². The van der Waals surface area contributed by atoms with E-state index in [1.165, 1.54) is 0 Å². The molecule has 0 unspecified atom stereocenters. The van der Waals surface area contributed by atoms with Crippen LogP contribution in [-0.4, -0.2) is 25.5 Å². The van der Waals surface area contributed by atoms with Crippen LogP contribution >= 0.6 is 0 Å². The van der Waals surface area contributed by atoms with Gasteiger partial charge in [-0.25, -0.2) is 0 Å². The summed E-state index contributed by atoms with van der Waals surface area (Å²) in [4.78, 5) is 24.1. The zero-order chi connectivity index (χ0) is 18.4. The number of rotatable bonds is 6. The zero-order valence-corrected chi connectivity index (χ0v) is 15.1. The Labute approximate surface area is 148 Å². The van der Waals surface area contributed by atoms with Crippen molar-refractivity contribution in [1.82, 2.24) is 5.32 Å². The molecule has 0 spiro atoms. The number of benzene rings is 2. The number of hydrogen-bond acceptors (Lipinski definition) is 3. The number of carbonyl (C=O) groups is 2. The van der Waals surface area contributed by atoms with Gasteiger partial charge in [0.25, 0.3) is 11.8 Å². The molecule has 0 aliphatic heterocycles.